The SMILES string of the molecule is COc1ccc([C@H]2C(=O)OC[C@@H]2c2ccc(OCc3ccccc3)c(OC)c2)cc1. The Balaban J connectivity index is 1.56. The van der Waals surface area contributed by atoms with Gasteiger partial charge in [-0.25, -0.2) is 0 Å². The lowest BCUT2D eigenvalue weighted by Crippen LogP contribution is -2.13. The molecule has 0 saturated carbocycles. The highest BCUT2D eigenvalue weighted by atomic mass is 16.5. The average molecular weight is 404 g/mol. The molecule has 5 nitrogen and oxygen atoms in total. The molecular weight excluding hydrogens is 380 g/mol. The molecule has 0 N–H and O–H groups in total. The second-order valence-corrected chi connectivity index (χ2v) is 7.17. The molecule has 2 atom stereocenters. The molecule has 0 radical (unpaired) electrons. The summed E-state index contributed by atoms with van der Waals surface area (Å²) in [6.45, 7) is 0.791. The lowest BCUT2D eigenvalue weighted by atomic mass is 9.83. The fourth-order valence-electron chi connectivity index (χ4n) is 3.76. The molecule has 0 unspecified atom stereocenters. The van der Waals surface area contributed by atoms with Gasteiger partial charge in [-0.1, -0.05) is 48.5 Å². The van der Waals surface area contributed by atoms with Gasteiger partial charge < -0.3 is 18.9 Å². The number of cyclic esters (lactones) is 1. The Kier molecular flexibility index (Phi) is 5.89. The van der Waals surface area contributed by atoms with Crippen molar-refractivity contribution in [3.63, 3.8) is 0 Å². The lowest BCUT2D eigenvalue weighted by molar-refractivity contribution is -0.139. The van der Waals surface area contributed by atoms with Crippen LogP contribution < -0.4 is 14.2 Å². The maximum atomic E-state index is 12.5. The minimum absolute atomic E-state index is 0.0945. The van der Waals surface area contributed by atoms with Gasteiger partial charge in [-0.05, 0) is 41.0 Å². The summed E-state index contributed by atoms with van der Waals surface area (Å²) in [4.78, 5) is 12.5. The highest BCUT2D eigenvalue weighted by Crippen LogP contribution is 2.42. The molecule has 0 spiro atoms. The molecule has 3 aromatic rings. The van der Waals surface area contributed by atoms with E-state index < -0.39 is 0 Å². The van der Waals surface area contributed by atoms with Crippen LogP contribution in [-0.2, 0) is 16.1 Å². The molecule has 0 aromatic heterocycles. The predicted molar refractivity (Wildman–Crippen MR) is 113 cm³/mol. The Morgan fingerprint density at radius 3 is 2.30 bits per heavy atom. The van der Waals surface area contributed by atoms with Crippen molar-refractivity contribution in [2.45, 2.75) is 18.4 Å². The van der Waals surface area contributed by atoms with E-state index in [2.05, 4.69) is 0 Å². The third-order valence-corrected chi connectivity index (χ3v) is 5.39. The zero-order valence-electron chi connectivity index (χ0n) is 17.0. The summed E-state index contributed by atoms with van der Waals surface area (Å²) < 4.78 is 22.1. The molecule has 0 aliphatic carbocycles. The first-order valence-electron chi connectivity index (χ1n) is 9.85. The topological polar surface area (TPSA) is 54.0 Å². The van der Waals surface area contributed by atoms with Crippen LogP contribution in [0.3, 0.4) is 0 Å². The van der Waals surface area contributed by atoms with E-state index in [1.54, 1.807) is 14.2 Å². The largest absolute Gasteiger partial charge is 0.497 e. The quantitative estimate of drug-likeness (QED) is 0.534. The van der Waals surface area contributed by atoms with Crippen LogP contribution in [0.1, 0.15) is 28.5 Å². The van der Waals surface area contributed by atoms with Gasteiger partial charge in [-0.3, -0.25) is 4.79 Å². The van der Waals surface area contributed by atoms with Crippen molar-refractivity contribution >= 4 is 5.97 Å². The Bertz CT molecular complexity index is 998. The van der Waals surface area contributed by atoms with Gasteiger partial charge in [-0.2, -0.15) is 0 Å². The van der Waals surface area contributed by atoms with E-state index in [-0.39, 0.29) is 17.8 Å². The van der Waals surface area contributed by atoms with Gasteiger partial charge in [-0.15, -0.1) is 0 Å². The van der Waals surface area contributed by atoms with E-state index in [4.69, 9.17) is 18.9 Å². The van der Waals surface area contributed by atoms with Crippen molar-refractivity contribution in [1.29, 1.82) is 0 Å². The summed E-state index contributed by atoms with van der Waals surface area (Å²) in [6, 6.07) is 23.3. The van der Waals surface area contributed by atoms with Crippen molar-refractivity contribution < 1.29 is 23.7 Å². The van der Waals surface area contributed by atoms with Gasteiger partial charge in [0.15, 0.2) is 11.5 Å². The molecule has 1 fully saturated rings. The predicted octanol–water partition coefficient (Wildman–Crippen LogP) is 4.71. The highest BCUT2D eigenvalue weighted by Gasteiger charge is 2.39. The molecule has 1 aliphatic rings. The lowest BCUT2D eigenvalue weighted by Gasteiger charge is -2.18. The summed E-state index contributed by atoms with van der Waals surface area (Å²) in [7, 11) is 3.24. The molecule has 154 valence electrons. The fraction of sp³-hybridized carbons (Fsp3) is 0.240. The van der Waals surface area contributed by atoms with Crippen molar-refractivity contribution in [2.75, 3.05) is 20.8 Å². The maximum absolute atomic E-state index is 12.5. The molecule has 0 amide bonds. The number of ether oxygens (including phenoxy) is 4. The summed E-state index contributed by atoms with van der Waals surface area (Å²) >= 11 is 0. The molecule has 1 aliphatic heterocycles. The number of carbonyl (C=O) groups excluding carboxylic acids is 1. The van der Waals surface area contributed by atoms with Crippen LogP contribution in [0.25, 0.3) is 0 Å². The number of rotatable bonds is 7. The average Bonchev–Trinajstić information content (AvgIpc) is 3.19. The molecule has 1 heterocycles. The van der Waals surface area contributed by atoms with Gasteiger partial charge in [0.1, 0.15) is 12.4 Å². The Hall–Kier alpha value is -3.47. The van der Waals surface area contributed by atoms with E-state index in [0.29, 0.717) is 24.7 Å². The molecule has 0 bridgehead atoms. The standard InChI is InChI=1S/C25H24O5/c1-27-20-11-8-18(9-12-20)24-21(16-30-25(24)26)19-10-13-22(23(14-19)28-2)29-15-17-6-4-3-5-7-17/h3-14,21,24H,15-16H2,1-2H3/t21-,24-/m1/s1. The van der Waals surface area contributed by atoms with Gasteiger partial charge in [0.05, 0.1) is 26.7 Å². The highest BCUT2D eigenvalue weighted by molar-refractivity contribution is 5.82. The van der Waals surface area contributed by atoms with Crippen LogP contribution in [0.4, 0.5) is 0 Å². The second kappa shape index (κ2) is 8.91. The normalized spacial score (nSPS) is 18.0. The Labute approximate surface area is 176 Å². The summed E-state index contributed by atoms with van der Waals surface area (Å²) in [5.74, 6) is 1.38. The van der Waals surface area contributed by atoms with Gasteiger partial charge in [0.2, 0.25) is 0 Å². The van der Waals surface area contributed by atoms with E-state index >= 15 is 0 Å². The summed E-state index contributed by atoms with van der Waals surface area (Å²) in [5.41, 5.74) is 2.97. The van der Waals surface area contributed by atoms with Crippen LogP contribution in [-0.4, -0.2) is 26.8 Å². The van der Waals surface area contributed by atoms with Gasteiger partial charge in [0, 0.05) is 5.92 Å². The third-order valence-electron chi connectivity index (χ3n) is 5.39. The van der Waals surface area contributed by atoms with E-state index in [1.165, 1.54) is 0 Å². The number of hydrogen-bond donors (Lipinski definition) is 0. The minimum Gasteiger partial charge on any atom is -0.497 e. The number of esters is 1. The third kappa shape index (κ3) is 4.10. The first-order chi connectivity index (χ1) is 14.7. The fourth-order valence-corrected chi connectivity index (χ4v) is 3.76. The molecule has 4 rings (SSSR count). The van der Waals surface area contributed by atoms with Crippen molar-refractivity contribution in [3.8, 4) is 17.2 Å². The van der Waals surface area contributed by atoms with E-state index in [9.17, 15) is 4.79 Å². The number of benzene rings is 3. The molecule has 1 saturated heterocycles. The van der Waals surface area contributed by atoms with Crippen LogP contribution in [0.2, 0.25) is 0 Å². The van der Waals surface area contributed by atoms with Crippen molar-refractivity contribution in [3.05, 3.63) is 89.5 Å². The van der Waals surface area contributed by atoms with Gasteiger partial charge in [0.25, 0.3) is 0 Å². The van der Waals surface area contributed by atoms with Crippen LogP contribution in [0.5, 0.6) is 17.2 Å². The molecule has 30 heavy (non-hydrogen) atoms. The maximum Gasteiger partial charge on any atom is 0.314 e. The number of methoxy groups -OCH3 is 2. The monoisotopic (exact) mass is 404 g/mol. The second-order valence-electron chi connectivity index (χ2n) is 7.17. The molecule has 5 heteroatoms. The zero-order chi connectivity index (χ0) is 20.9. The van der Waals surface area contributed by atoms with Crippen molar-refractivity contribution in [1.82, 2.24) is 0 Å². The summed E-state index contributed by atoms with van der Waals surface area (Å²) in [6.07, 6.45) is 0. The molecule has 3 aromatic carbocycles. The smallest absolute Gasteiger partial charge is 0.314 e. The zero-order valence-corrected chi connectivity index (χ0v) is 17.0. The first kappa shape index (κ1) is 19.8. The first-order valence-corrected chi connectivity index (χ1v) is 9.85. The van der Waals surface area contributed by atoms with Crippen molar-refractivity contribution in [2.24, 2.45) is 0 Å². The Morgan fingerprint density at radius 2 is 1.60 bits per heavy atom. The summed E-state index contributed by atoms with van der Waals surface area (Å²) in [5, 5.41) is 0. The van der Waals surface area contributed by atoms with Crippen LogP contribution in [0, 0.1) is 0 Å². The van der Waals surface area contributed by atoms with E-state index in [0.717, 1.165) is 22.4 Å². The van der Waals surface area contributed by atoms with Crippen LogP contribution >= 0.6 is 0 Å². The number of hydrogen-bond acceptors (Lipinski definition) is 5. The molecular formula is C25H24O5. The minimum atomic E-state index is -0.364. The Morgan fingerprint density at radius 1 is 0.867 bits per heavy atom. The van der Waals surface area contributed by atoms with Gasteiger partial charge >= 0.3 is 5.97 Å². The van der Waals surface area contributed by atoms with Crippen LogP contribution in [0.15, 0.2) is 72.8 Å². The van der Waals surface area contributed by atoms with E-state index in [1.807, 2.05) is 72.8 Å². The number of carbonyl (C=O) groups is 1.